The van der Waals surface area contributed by atoms with E-state index in [0.29, 0.717) is 22.0 Å². The van der Waals surface area contributed by atoms with Crippen LogP contribution in [0.5, 0.6) is 0 Å². The third-order valence-corrected chi connectivity index (χ3v) is 6.41. The van der Waals surface area contributed by atoms with Crippen LogP contribution in [-0.4, -0.2) is 10.9 Å². The zero-order valence-corrected chi connectivity index (χ0v) is 17.3. The number of fused-ring (bicyclic) bond motifs is 2. The fraction of sp³-hybridized carbons (Fsp3) is 0.190. The van der Waals surface area contributed by atoms with Gasteiger partial charge in [-0.1, -0.05) is 76.1 Å². The largest absolute Gasteiger partial charge is 0.511 e. The molecule has 2 aliphatic rings. The van der Waals surface area contributed by atoms with Crippen LogP contribution >= 0.6 is 45.8 Å². The maximum absolute atomic E-state index is 12.9. The predicted octanol–water partition coefficient (Wildman–Crippen LogP) is 6.64. The van der Waals surface area contributed by atoms with Crippen molar-refractivity contribution in [2.75, 3.05) is 0 Å². The molecule has 132 valence electrons. The van der Waals surface area contributed by atoms with Crippen LogP contribution in [0, 0.1) is 11.8 Å². The van der Waals surface area contributed by atoms with Gasteiger partial charge in [0.05, 0.1) is 5.57 Å². The van der Waals surface area contributed by atoms with E-state index in [9.17, 15) is 9.90 Å². The maximum atomic E-state index is 12.9. The quantitative estimate of drug-likeness (QED) is 0.294. The van der Waals surface area contributed by atoms with Crippen molar-refractivity contribution in [3.05, 3.63) is 75.5 Å². The first-order valence-corrected chi connectivity index (χ1v) is 10.6. The molecule has 2 aromatic rings. The number of carbonyl (C=O) groups is 1. The molecule has 2 atom stereocenters. The average Bonchev–Trinajstić information content (AvgIpc) is 3.07. The number of hydrogen-bond donors (Lipinski definition) is 1. The number of alkyl halides is 1. The first-order valence-electron chi connectivity index (χ1n) is 8.30. The molecule has 0 fully saturated rings. The summed E-state index contributed by atoms with van der Waals surface area (Å²) in [6.07, 6.45) is 4.53. The number of rotatable bonds is 3. The predicted molar refractivity (Wildman–Crippen MR) is 115 cm³/mol. The van der Waals surface area contributed by atoms with Gasteiger partial charge in [-0.2, -0.15) is 0 Å². The molecule has 0 heterocycles. The van der Waals surface area contributed by atoms with Crippen molar-refractivity contribution in [3.63, 3.8) is 0 Å². The summed E-state index contributed by atoms with van der Waals surface area (Å²) in [5.74, 6) is -0.00307. The Morgan fingerprint density at radius 3 is 2.54 bits per heavy atom. The lowest BCUT2D eigenvalue weighted by Crippen LogP contribution is -2.22. The fourth-order valence-electron chi connectivity index (χ4n) is 3.68. The fourth-order valence-corrected chi connectivity index (χ4v) is 4.86. The lowest BCUT2D eigenvalue weighted by Gasteiger charge is -2.24. The molecule has 4 rings (SSSR count). The van der Waals surface area contributed by atoms with Gasteiger partial charge in [0, 0.05) is 31.9 Å². The van der Waals surface area contributed by atoms with E-state index >= 15 is 0 Å². The number of benzene rings is 2. The van der Waals surface area contributed by atoms with Crippen LogP contribution in [0.15, 0.2) is 54.3 Å². The molecule has 2 nitrogen and oxygen atoms in total. The van der Waals surface area contributed by atoms with Crippen molar-refractivity contribution >= 4 is 57.1 Å². The van der Waals surface area contributed by atoms with Gasteiger partial charge in [-0.3, -0.25) is 4.79 Å². The number of Topliss-reactive ketones (excluding diaryl/α,β-unsaturated/α-hetero) is 1. The molecule has 2 aromatic carbocycles. The summed E-state index contributed by atoms with van der Waals surface area (Å²) in [5, 5.41) is 11.8. The standard InChI is InChI=1S/C21H15Cl2IO2/c22-15-5-6-16(18(23)9-15)11-1-4-14(10-24)17(8-11)19-20(25)12-2-3-13(7-12)21(19)26/h1-6,8-9,12-13,25H,7,10H2/t12-,13+/m1/s1. The molecule has 1 N–H and O–H groups in total. The zero-order valence-electron chi connectivity index (χ0n) is 13.7. The Hall–Kier alpha value is -1.30. The normalized spacial score (nSPS) is 21.6. The number of aliphatic hydroxyl groups excluding tert-OH is 1. The van der Waals surface area contributed by atoms with Crippen molar-refractivity contribution < 1.29 is 9.90 Å². The lowest BCUT2D eigenvalue weighted by atomic mass is 9.81. The van der Waals surface area contributed by atoms with Crippen LogP contribution in [0.3, 0.4) is 0 Å². The highest BCUT2D eigenvalue weighted by atomic mass is 127. The second kappa shape index (κ2) is 7.02. The summed E-state index contributed by atoms with van der Waals surface area (Å²) in [6, 6.07) is 11.3. The van der Waals surface area contributed by atoms with Gasteiger partial charge in [0.25, 0.3) is 0 Å². The minimum Gasteiger partial charge on any atom is -0.511 e. The smallest absolute Gasteiger partial charge is 0.173 e. The first-order chi connectivity index (χ1) is 12.5. The highest BCUT2D eigenvalue weighted by Crippen LogP contribution is 2.43. The highest BCUT2D eigenvalue weighted by molar-refractivity contribution is 14.1. The Morgan fingerprint density at radius 1 is 1.04 bits per heavy atom. The average molecular weight is 497 g/mol. The Kier molecular flexibility index (Phi) is 4.88. The van der Waals surface area contributed by atoms with Crippen LogP contribution < -0.4 is 0 Å². The molecule has 0 radical (unpaired) electrons. The number of ketones is 1. The topological polar surface area (TPSA) is 37.3 Å². The van der Waals surface area contributed by atoms with Crippen molar-refractivity contribution in [1.29, 1.82) is 0 Å². The molecule has 26 heavy (non-hydrogen) atoms. The molecule has 0 amide bonds. The van der Waals surface area contributed by atoms with Crippen molar-refractivity contribution in [2.24, 2.45) is 11.8 Å². The van der Waals surface area contributed by atoms with Crippen LogP contribution in [-0.2, 0) is 9.22 Å². The Morgan fingerprint density at radius 2 is 1.81 bits per heavy atom. The minimum absolute atomic E-state index is 0.00190. The molecule has 0 unspecified atom stereocenters. The molecule has 0 saturated carbocycles. The molecule has 5 heteroatoms. The van der Waals surface area contributed by atoms with Gasteiger partial charge in [-0.05, 0) is 41.3 Å². The van der Waals surface area contributed by atoms with Gasteiger partial charge in [0.2, 0.25) is 0 Å². The summed E-state index contributed by atoms with van der Waals surface area (Å²) in [6.45, 7) is 0. The number of hydrogen-bond acceptors (Lipinski definition) is 2. The summed E-state index contributed by atoms with van der Waals surface area (Å²) >= 11 is 14.6. The van der Waals surface area contributed by atoms with Gasteiger partial charge in [0.1, 0.15) is 5.76 Å². The van der Waals surface area contributed by atoms with Gasteiger partial charge in [-0.25, -0.2) is 0 Å². The highest BCUT2D eigenvalue weighted by Gasteiger charge is 2.38. The Bertz CT molecular complexity index is 978. The van der Waals surface area contributed by atoms with Crippen molar-refractivity contribution in [1.82, 2.24) is 0 Å². The molecule has 2 bridgehead atoms. The van der Waals surface area contributed by atoms with E-state index < -0.39 is 0 Å². The van der Waals surface area contributed by atoms with E-state index in [-0.39, 0.29) is 23.4 Å². The molecular formula is C21H15Cl2IO2. The van der Waals surface area contributed by atoms with E-state index in [1.165, 1.54) is 0 Å². The summed E-state index contributed by atoms with van der Waals surface area (Å²) in [5.41, 5.74) is 4.02. The van der Waals surface area contributed by atoms with E-state index in [0.717, 1.165) is 26.7 Å². The monoisotopic (exact) mass is 496 g/mol. The molecule has 2 aliphatic carbocycles. The minimum atomic E-state index is -0.129. The third-order valence-electron chi connectivity index (χ3n) is 5.04. The molecular weight excluding hydrogens is 482 g/mol. The van der Waals surface area contributed by atoms with Gasteiger partial charge >= 0.3 is 0 Å². The Balaban J connectivity index is 1.89. The van der Waals surface area contributed by atoms with Gasteiger partial charge in [-0.15, -0.1) is 0 Å². The van der Waals surface area contributed by atoms with Crippen LogP contribution in [0.25, 0.3) is 16.7 Å². The molecule has 0 spiro atoms. The maximum Gasteiger partial charge on any atom is 0.173 e. The van der Waals surface area contributed by atoms with Crippen molar-refractivity contribution in [3.8, 4) is 11.1 Å². The third kappa shape index (κ3) is 3.00. The van der Waals surface area contributed by atoms with Crippen LogP contribution in [0.1, 0.15) is 17.5 Å². The molecule has 0 aromatic heterocycles. The van der Waals surface area contributed by atoms with E-state index in [1.54, 1.807) is 12.1 Å². The van der Waals surface area contributed by atoms with E-state index in [1.807, 2.05) is 36.4 Å². The van der Waals surface area contributed by atoms with Crippen molar-refractivity contribution in [2.45, 2.75) is 10.8 Å². The van der Waals surface area contributed by atoms with E-state index in [2.05, 4.69) is 22.6 Å². The molecule has 0 saturated heterocycles. The summed E-state index contributed by atoms with van der Waals surface area (Å²) in [7, 11) is 0. The number of carbonyl (C=O) groups excluding carboxylic acids is 1. The lowest BCUT2D eigenvalue weighted by molar-refractivity contribution is -0.116. The summed E-state index contributed by atoms with van der Waals surface area (Å²) in [4.78, 5) is 12.9. The number of aliphatic hydroxyl groups is 1. The van der Waals surface area contributed by atoms with Crippen LogP contribution in [0.2, 0.25) is 10.0 Å². The van der Waals surface area contributed by atoms with Gasteiger partial charge in [0.15, 0.2) is 5.78 Å². The Labute approximate surface area is 175 Å². The number of halogens is 3. The zero-order chi connectivity index (χ0) is 18.4. The van der Waals surface area contributed by atoms with E-state index in [4.69, 9.17) is 23.2 Å². The second-order valence-corrected chi connectivity index (χ2v) is 8.19. The van der Waals surface area contributed by atoms with Crippen LogP contribution in [0.4, 0.5) is 0 Å². The SMILES string of the molecule is O=C1C(c2cc(-c3ccc(Cl)cc3Cl)ccc2CI)=C(O)[C@@H]2C=C[C@H]1C2. The first kappa shape index (κ1) is 18.1. The summed E-state index contributed by atoms with van der Waals surface area (Å²) < 4.78 is 0.745. The number of allylic oxidation sites excluding steroid dienone is 3. The second-order valence-electron chi connectivity index (χ2n) is 6.59. The van der Waals surface area contributed by atoms with Gasteiger partial charge < -0.3 is 5.11 Å². The molecule has 0 aliphatic heterocycles.